The molecule has 2 aromatic carbocycles. The van der Waals surface area contributed by atoms with Crippen molar-refractivity contribution in [2.45, 2.75) is 25.5 Å². The summed E-state index contributed by atoms with van der Waals surface area (Å²) >= 11 is 5.65. The van der Waals surface area contributed by atoms with E-state index in [0.717, 1.165) is 24.3 Å². The maximum Gasteiger partial charge on any atom is 0.573 e. The Bertz CT molecular complexity index is 1160. The molecule has 0 aliphatic rings. The van der Waals surface area contributed by atoms with Crippen LogP contribution < -0.4 is 15.4 Å². The lowest BCUT2D eigenvalue weighted by atomic mass is 10.1. The number of nitrogens with zero attached hydrogens (tertiary/aromatic N) is 2. The molecule has 13 heteroatoms. The molecule has 0 amide bonds. The van der Waals surface area contributed by atoms with Crippen molar-refractivity contribution >= 4 is 29.1 Å². The second kappa shape index (κ2) is 9.94. The van der Waals surface area contributed by atoms with Crippen molar-refractivity contribution in [3.05, 3.63) is 59.1 Å². The summed E-state index contributed by atoms with van der Waals surface area (Å²) in [6.07, 6.45) is -9.58. The first kappa shape index (κ1) is 25.4. The molecule has 0 radical (unpaired) electrons. The van der Waals surface area contributed by atoms with Gasteiger partial charge >= 0.3 is 12.5 Å². The van der Waals surface area contributed by atoms with Gasteiger partial charge in [0.25, 0.3) is 0 Å². The number of hydrogen-bond acceptors (Lipinski definition) is 6. The predicted molar refractivity (Wildman–Crippen MR) is 114 cm³/mol. The number of aromatic nitrogens is 2. The van der Waals surface area contributed by atoms with Crippen molar-refractivity contribution < 1.29 is 36.2 Å². The quantitative estimate of drug-likeness (QED) is 0.329. The predicted octanol–water partition coefficient (Wildman–Crippen LogP) is 6.25. The average molecular weight is 507 g/mol. The highest BCUT2D eigenvalue weighted by Gasteiger charge is 2.33. The number of halogens is 7. The molecule has 3 rings (SSSR count). The minimum atomic E-state index is -4.90. The number of aliphatic hydroxyl groups is 1. The summed E-state index contributed by atoms with van der Waals surface area (Å²) in [5, 5.41) is 14.3. The summed E-state index contributed by atoms with van der Waals surface area (Å²) in [6, 6.07) is 9.02. The third kappa shape index (κ3) is 6.87. The fourth-order valence-electron chi connectivity index (χ4n) is 2.81. The normalized spacial score (nSPS) is 12.9. The Morgan fingerprint density at radius 2 is 1.76 bits per heavy atom. The number of hydrogen-bond donors (Lipinski definition) is 3. The zero-order chi connectivity index (χ0) is 25.1. The first-order chi connectivity index (χ1) is 15.8. The molecule has 0 aliphatic heterocycles. The highest BCUT2D eigenvalue weighted by Crippen LogP contribution is 2.37. The molecule has 0 unspecified atom stereocenters. The van der Waals surface area contributed by atoms with Crippen LogP contribution in [0.5, 0.6) is 5.75 Å². The van der Waals surface area contributed by atoms with E-state index in [1.54, 1.807) is 6.92 Å². The first-order valence-electron chi connectivity index (χ1n) is 9.60. The molecule has 0 saturated heterocycles. The van der Waals surface area contributed by atoms with E-state index in [4.69, 9.17) is 11.6 Å². The van der Waals surface area contributed by atoms with Crippen LogP contribution in [-0.2, 0) is 6.18 Å². The van der Waals surface area contributed by atoms with Gasteiger partial charge in [-0.25, -0.2) is 4.98 Å². The number of alkyl halides is 6. The maximum absolute atomic E-state index is 13.2. The Morgan fingerprint density at radius 1 is 1.03 bits per heavy atom. The summed E-state index contributed by atoms with van der Waals surface area (Å²) in [7, 11) is 0. The van der Waals surface area contributed by atoms with Crippen molar-refractivity contribution in [1.82, 2.24) is 9.97 Å². The summed E-state index contributed by atoms with van der Waals surface area (Å²) in [5.41, 5.74) is -0.684. The molecule has 0 bridgehead atoms. The molecule has 6 nitrogen and oxygen atoms in total. The molecule has 0 aliphatic carbocycles. The Hall–Kier alpha value is -3.25. The van der Waals surface area contributed by atoms with Gasteiger partial charge in [-0.3, -0.25) is 0 Å². The van der Waals surface area contributed by atoms with Gasteiger partial charge < -0.3 is 20.5 Å². The lowest BCUT2D eigenvalue weighted by Gasteiger charge is -2.16. The van der Waals surface area contributed by atoms with Crippen molar-refractivity contribution in [3.63, 3.8) is 0 Å². The molecule has 1 aromatic heterocycles. The second-order valence-electron chi connectivity index (χ2n) is 7.08. The van der Waals surface area contributed by atoms with E-state index in [-0.39, 0.29) is 35.3 Å². The van der Waals surface area contributed by atoms with Crippen molar-refractivity contribution in [2.75, 3.05) is 17.2 Å². The fraction of sp³-hybridized carbons (Fsp3) is 0.238. The average Bonchev–Trinajstić information content (AvgIpc) is 2.73. The monoisotopic (exact) mass is 506 g/mol. The number of nitrogens with one attached hydrogen (secondary N) is 2. The van der Waals surface area contributed by atoms with Crippen LogP contribution in [0.15, 0.2) is 48.5 Å². The highest BCUT2D eigenvalue weighted by molar-refractivity contribution is 6.31. The number of benzene rings is 2. The lowest BCUT2D eigenvalue weighted by Crippen LogP contribution is -2.21. The molecule has 0 spiro atoms. The van der Waals surface area contributed by atoms with E-state index in [1.807, 2.05) is 0 Å². The van der Waals surface area contributed by atoms with Gasteiger partial charge in [-0.05, 0) is 37.3 Å². The second-order valence-corrected chi connectivity index (χ2v) is 7.49. The Labute approximate surface area is 194 Å². The van der Waals surface area contributed by atoms with Gasteiger partial charge in [0.1, 0.15) is 11.6 Å². The standard InChI is InChI=1S/C21H17ClF6N4O2/c1-11(10-33)29-19-31-17(12-3-2-4-14(7-12)34-21(26,27)28)9-18(32-19)30-13-5-6-16(22)15(8-13)20(23,24)25/h2-9,11,33H,10H2,1H3,(H2,29,30,31,32)/t11-/m1/s1. The molecule has 3 aromatic rings. The SMILES string of the molecule is C[C@H](CO)Nc1nc(Nc2ccc(Cl)c(C(F)(F)F)c2)cc(-c2cccc(OC(F)(F)F)c2)n1. The van der Waals surface area contributed by atoms with E-state index in [1.165, 1.54) is 24.3 Å². The van der Waals surface area contributed by atoms with Crippen LogP contribution in [0, 0.1) is 0 Å². The zero-order valence-corrected chi connectivity index (χ0v) is 18.1. The molecule has 3 N–H and O–H groups in total. The molecular weight excluding hydrogens is 490 g/mol. The summed E-state index contributed by atoms with van der Waals surface area (Å²) in [6.45, 7) is 1.34. The number of ether oxygens (including phenoxy) is 1. The van der Waals surface area contributed by atoms with E-state index >= 15 is 0 Å². The summed E-state index contributed by atoms with van der Waals surface area (Å²) in [4.78, 5) is 8.40. The fourth-order valence-corrected chi connectivity index (χ4v) is 3.04. The minimum Gasteiger partial charge on any atom is -0.406 e. The zero-order valence-electron chi connectivity index (χ0n) is 17.3. The number of anilines is 3. The van der Waals surface area contributed by atoms with Crippen LogP contribution >= 0.6 is 11.6 Å². The van der Waals surface area contributed by atoms with E-state index in [9.17, 15) is 31.4 Å². The van der Waals surface area contributed by atoms with Crippen LogP contribution in [0.2, 0.25) is 5.02 Å². The lowest BCUT2D eigenvalue weighted by molar-refractivity contribution is -0.274. The molecular formula is C21H17ClF6N4O2. The topological polar surface area (TPSA) is 79.3 Å². The third-order valence-electron chi connectivity index (χ3n) is 4.28. The Morgan fingerprint density at radius 3 is 2.41 bits per heavy atom. The molecule has 0 fully saturated rings. The Kier molecular flexibility index (Phi) is 7.41. The molecule has 0 saturated carbocycles. The van der Waals surface area contributed by atoms with Gasteiger partial charge in [-0.15, -0.1) is 13.2 Å². The number of rotatable bonds is 7. The van der Waals surface area contributed by atoms with Gasteiger partial charge in [0, 0.05) is 23.4 Å². The van der Waals surface area contributed by atoms with E-state index < -0.39 is 34.9 Å². The summed E-state index contributed by atoms with van der Waals surface area (Å²) in [5.74, 6) is -0.465. The molecule has 182 valence electrons. The first-order valence-corrected chi connectivity index (χ1v) is 9.98. The smallest absolute Gasteiger partial charge is 0.406 e. The van der Waals surface area contributed by atoms with Crippen LogP contribution in [0.25, 0.3) is 11.3 Å². The number of aliphatic hydroxyl groups excluding tert-OH is 1. The van der Waals surface area contributed by atoms with Crippen LogP contribution in [0.1, 0.15) is 12.5 Å². The van der Waals surface area contributed by atoms with Crippen molar-refractivity contribution in [3.8, 4) is 17.0 Å². The van der Waals surface area contributed by atoms with Crippen LogP contribution in [-0.4, -0.2) is 34.1 Å². The highest BCUT2D eigenvalue weighted by atomic mass is 35.5. The van der Waals surface area contributed by atoms with E-state index in [2.05, 4.69) is 25.3 Å². The molecule has 1 heterocycles. The molecule has 1 atom stereocenters. The van der Waals surface area contributed by atoms with Crippen LogP contribution in [0.3, 0.4) is 0 Å². The van der Waals surface area contributed by atoms with Crippen molar-refractivity contribution in [1.29, 1.82) is 0 Å². The van der Waals surface area contributed by atoms with Crippen LogP contribution in [0.4, 0.5) is 43.8 Å². The van der Waals surface area contributed by atoms with Gasteiger partial charge in [0.05, 0.1) is 22.9 Å². The van der Waals surface area contributed by atoms with Gasteiger partial charge in [-0.2, -0.15) is 18.2 Å². The van der Waals surface area contributed by atoms with E-state index in [0.29, 0.717) is 0 Å². The van der Waals surface area contributed by atoms with Gasteiger partial charge in [-0.1, -0.05) is 23.7 Å². The summed E-state index contributed by atoms with van der Waals surface area (Å²) < 4.78 is 81.3. The third-order valence-corrected chi connectivity index (χ3v) is 4.61. The van der Waals surface area contributed by atoms with Gasteiger partial charge in [0.15, 0.2) is 0 Å². The van der Waals surface area contributed by atoms with Gasteiger partial charge in [0.2, 0.25) is 5.95 Å². The molecule has 34 heavy (non-hydrogen) atoms. The van der Waals surface area contributed by atoms with Crippen molar-refractivity contribution in [2.24, 2.45) is 0 Å². The Balaban J connectivity index is 2.01. The maximum atomic E-state index is 13.2. The largest absolute Gasteiger partial charge is 0.573 e. The minimum absolute atomic E-state index is 0.0108.